The normalized spacial score (nSPS) is 26.7. The molecule has 1 aliphatic carbocycles. The molecule has 1 spiro atoms. The van der Waals surface area contributed by atoms with Crippen molar-refractivity contribution < 1.29 is 9.63 Å². The number of aldehydes is 1. The third kappa shape index (κ3) is 1.28. The zero-order valence-electron chi connectivity index (χ0n) is 6.32. The molecular formula is C8H11NO2. The Kier molecular flexibility index (Phi) is 1.46. The first-order valence-electron chi connectivity index (χ1n) is 3.92. The van der Waals surface area contributed by atoms with Gasteiger partial charge in [-0.15, -0.1) is 0 Å². The molecule has 1 saturated carbocycles. The van der Waals surface area contributed by atoms with Gasteiger partial charge in [0.25, 0.3) is 0 Å². The number of hydroxylamine groups is 2. The second-order valence-corrected chi connectivity index (χ2v) is 3.14. The highest BCUT2D eigenvalue weighted by Crippen LogP contribution is 2.47. The molecule has 0 radical (unpaired) electrons. The van der Waals surface area contributed by atoms with E-state index in [0.717, 1.165) is 19.3 Å². The van der Waals surface area contributed by atoms with Crippen LogP contribution in [-0.2, 0) is 9.63 Å². The van der Waals surface area contributed by atoms with Gasteiger partial charge in [0.2, 0.25) is 0 Å². The van der Waals surface area contributed by atoms with Crippen LogP contribution in [0.15, 0.2) is 12.3 Å². The smallest absolute Gasteiger partial charge is 0.144 e. The summed E-state index contributed by atoms with van der Waals surface area (Å²) in [6.07, 6.45) is 7.38. The van der Waals surface area contributed by atoms with Crippen molar-refractivity contribution in [2.45, 2.75) is 24.9 Å². The van der Waals surface area contributed by atoms with E-state index < -0.39 is 0 Å². The molecule has 0 amide bonds. The van der Waals surface area contributed by atoms with Crippen molar-refractivity contribution in [3.8, 4) is 0 Å². The van der Waals surface area contributed by atoms with Gasteiger partial charge in [0.1, 0.15) is 6.29 Å². The Morgan fingerprint density at radius 2 is 2.18 bits per heavy atom. The Morgan fingerprint density at radius 3 is 2.73 bits per heavy atom. The minimum absolute atomic E-state index is 0.174. The molecule has 2 rings (SSSR count). The van der Waals surface area contributed by atoms with Crippen molar-refractivity contribution >= 4 is 6.29 Å². The third-order valence-corrected chi connectivity index (χ3v) is 2.24. The van der Waals surface area contributed by atoms with E-state index >= 15 is 0 Å². The topological polar surface area (TPSA) is 29.5 Å². The van der Waals surface area contributed by atoms with Gasteiger partial charge in [0.15, 0.2) is 0 Å². The fraction of sp³-hybridized carbons (Fsp3) is 0.625. The molecule has 60 valence electrons. The quantitative estimate of drug-likeness (QED) is 0.435. The molecule has 0 bridgehead atoms. The van der Waals surface area contributed by atoms with Crippen LogP contribution >= 0.6 is 0 Å². The van der Waals surface area contributed by atoms with E-state index in [0.29, 0.717) is 0 Å². The minimum atomic E-state index is 0.174. The van der Waals surface area contributed by atoms with Gasteiger partial charge in [-0.2, -0.15) is 0 Å². The van der Waals surface area contributed by atoms with Gasteiger partial charge in [-0.3, -0.25) is 14.7 Å². The fourth-order valence-electron chi connectivity index (χ4n) is 1.37. The number of allylic oxidation sites excluding steroid dienone is 1. The average molecular weight is 153 g/mol. The molecule has 1 aliphatic heterocycles. The summed E-state index contributed by atoms with van der Waals surface area (Å²) in [5, 5.41) is 1.75. The third-order valence-electron chi connectivity index (χ3n) is 2.24. The zero-order chi connectivity index (χ0) is 7.73. The van der Waals surface area contributed by atoms with Crippen LogP contribution in [0.1, 0.15) is 19.3 Å². The van der Waals surface area contributed by atoms with Crippen LogP contribution in [0.3, 0.4) is 0 Å². The van der Waals surface area contributed by atoms with Crippen LogP contribution in [-0.4, -0.2) is 23.5 Å². The maximum Gasteiger partial charge on any atom is 0.144 e. The van der Waals surface area contributed by atoms with Gasteiger partial charge in [-0.1, -0.05) is 0 Å². The second-order valence-electron chi connectivity index (χ2n) is 3.14. The molecule has 0 aromatic carbocycles. The number of nitrogens with zero attached hydrogens (tertiary/aromatic N) is 1. The van der Waals surface area contributed by atoms with Crippen molar-refractivity contribution in [3.63, 3.8) is 0 Å². The monoisotopic (exact) mass is 153 g/mol. The predicted molar refractivity (Wildman–Crippen MR) is 39.6 cm³/mol. The summed E-state index contributed by atoms with van der Waals surface area (Å²) in [5.41, 5.74) is 0.174. The SMILES string of the molecule is O=C/C=C/N1CCC2(CC2)O1. The molecule has 0 atom stereocenters. The molecule has 0 unspecified atom stereocenters. The molecule has 2 fully saturated rings. The van der Waals surface area contributed by atoms with E-state index in [1.54, 1.807) is 11.3 Å². The Bertz CT molecular complexity index is 196. The highest BCUT2D eigenvalue weighted by molar-refractivity contribution is 5.64. The maximum atomic E-state index is 9.97. The Balaban J connectivity index is 1.89. The molecule has 2 aliphatic rings. The number of carbonyl (C=O) groups excluding carboxylic acids is 1. The van der Waals surface area contributed by atoms with Gasteiger partial charge in [0, 0.05) is 12.7 Å². The average Bonchev–Trinajstić information content (AvgIpc) is 2.61. The highest BCUT2D eigenvalue weighted by atomic mass is 16.7. The number of hydrogen-bond acceptors (Lipinski definition) is 3. The lowest BCUT2D eigenvalue weighted by Crippen LogP contribution is -2.13. The lowest BCUT2D eigenvalue weighted by molar-refractivity contribution is -0.121. The first-order chi connectivity index (χ1) is 5.35. The molecule has 0 N–H and O–H groups in total. The van der Waals surface area contributed by atoms with Crippen molar-refractivity contribution in [2.75, 3.05) is 6.54 Å². The summed E-state index contributed by atoms with van der Waals surface area (Å²) in [7, 11) is 0. The minimum Gasteiger partial charge on any atom is -0.299 e. The Morgan fingerprint density at radius 1 is 1.36 bits per heavy atom. The predicted octanol–water partition coefficient (Wildman–Crippen LogP) is 0.869. The first kappa shape index (κ1) is 6.85. The van der Waals surface area contributed by atoms with Crippen LogP contribution < -0.4 is 0 Å². The van der Waals surface area contributed by atoms with Crippen LogP contribution in [0.25, 0.3) is 0 Å². The Hall–Kier alpha value is -0.830. The number of hydrogen-bond donors (Lipinski definition) is 0. The fourth-order valence-corrected chi connectivity index (χ4v) is 1.37. The Labute approximate surface area is 65.6 Å². The molecular weight excluding hydrogens is 142 g/mol. The second kappa shape index (κ2) is 2.34. The molecule has 11 heavy (non-hydrogen) atoms. The van der Waals surface area contributed by atoms with Crippen molar-refractivity contribution in [2.24, 2.45) is 0 Å². The van der Waals surface area contributed by atoms with Gasteiger partial charge in [-0.25, -0.2) is 0 Å². The van der Waals surface area contributed by atoms with Crippen molar-refractivity contribution in [1.29, 1.82) is 0 Å². The summed E-state index contributed by atoms with van der Waals surface area (Å²) < 4.78 is 0. The number of rotatable bonds is 2. The van der Waals surface area contributed by atoms with Gasteiger partial charge in [0.05, 0.1) is 5.60 Å². The van der Waals surface area contributed by atoms with Gasteiger partial charge < -0.3 is 0 Å². The van der Waals surface area contributed by atoms with E-state index in [9.17, 15) is 4.79 Å². The van der Waals surface area contributed by atoms with Crippen molar-refractivity contribution in [1.82, 2.24) is 5.06 Å². The lowest BCUT2D eigenvalue weighted by Gasteiger charge is -2.11. The lowest BCUT2D eigenvalue weighted by atomic mass is 10.2. The summed E-state index contributed by atoms with van der Waals surface area (Å²) in [4.78, 5) is 15.5. The summed E-state index contributed by atoms with van der Waals surface area (Å²) in [5.74, 6) is 0. The maximum absolute atomic E-state index is 9.97. The first-order valence-corrected chi connectivity index (χ1v) is 3.92. The summed E-state index contributed by atoms with van der Waals surface area (Å²) in [6.45, 7) is 0.921. The number of carbonyl (C=O) groups is 1. The van der Waals surface area contributed by atoms with E-state index in [-0.39, 0.29) is 5.60 Å². The highest BCUT2D eigenvalue weighted by Gasteiger charge is 2.49. The van der Waals surface area contributed by atoms with Crippen LogP contribution in [0.5, 0.6) is 0 Å². The summed E-state index contributed by atoms with van der Waals surface area (Å²) >= 11 is 0. The van der Waals surface area contributed by atoms with E-state index in [1.807, 2.05) is 0 Å². The molecule has 3 nitrogen and oxygen atoms in total. The van der Waals surface area contributed by atoms with Crippen LogP contribution in [0.4, 0.5) is 0 Å². The standard InChI is InChI=1S/C8H11NO2/c10-7-1-5-9-6-4-8(11-9)2-3-8/h1,5,7H,2-4,6H2/b5-1+. The molecule has 0 aromatic rings. The van der Waals surface area contributed by atoms with Gasteiger partial charge in [-0.05, 0) is 25.3 Å². The van der Waals surface area contributed by atoms with Crippen LogP contribution in [0, 0.1) is 0 Å². The molecule has 3 heteroatoms. The largest absolute Gasteiger partial charge is 0.299 e. The van der Waals surface area contributed by atoms with E-state index in [4.69, 9.17) is 4.84 Å². The summed E-state index contributed by atoms with van der Waals surface area (Å²) in [6, 6.07) is 0. The molecule has 1 saturated heterocycles. The van der Waals surface area contributed by atoms with Crippen molar-refractivity contribution in [3.05, 3.63) is 12.3 Å². The van der Waals surface area contributed by atoms with Crippen LogP contribution in [0.2, 0.25) is 0 Å². The molecule has 0 aromatic heterocycles. The van der Waals surface area contributed by atoms with E-state index in [1.165, 1.54) is 18.9 Å². The molecule has 1 heterocycles. The van der Waals surface area contributed by atoms with E-state index in [2.05, 4.69) is 0 Å². The zero-order valence-corrected chi connectivity index (χ0v) is 6.32. The van der Waals surface area contributed by atoms with Gasteiger partial charge >= 0.3 is 0 Å².